The van der Waals surface area contributed by atoms with E-state index in [1.807, 2.05) is 0 Å². The number of hydrogen-bond acceptors (Lipinski definition) is 4. The molecule has 0 unspecified atom stereocenters. The summed E-state index contributed by atoms with van der Waals surface area (Å²) >= 11 is 0. The molecule has 0 spiro atoms. The number of aliphatic hydroxyl groups is 2. The van der Waals surface area contributed by atoms with E-state index in [9.17, 15) is 15.0 Å². The van der Waals surface area contributed by atoms with Gasteiger partial charge in [-0.25, -0.2) is 4.79 Å². The van der Waals surface area contributed by atoms with E-state index in [1.54, 1.807) is 0 Å². The molecule has 2 aliphatic carbocycles. The van der Waals surface area contributed by atoms with Crippen LogP contribution < -0.4 is 5.32 Å². The Morgan fingerprint density at radius 1 is 0.870 bits per heavy atom. The van der Waals surface area contributed by atoms with Crippen LogP contribution in [-0.2, 0) is 4.74 Å². The van der Waals surface area contributed by atoms with Crippen molar-refractivity contribution in [1.82, 2.24) is 5.32 Å². The smallest absolute Gasteiger partial charge is 0.407 e. The molecule has 0 radical (unpaired) electrons. The molecule has 0 aliphatic heterocycles. The molecule has 5 nitrogen and oxygen atoms in total. The van der Waals surface area contributed by atoms with Crippen LogP contribution in [0.5, 0.6) is 0 Å². The summed E-state index contributed by atoms with van der Waals surface area (Å²) in [6, 6.07) is 0. The molecule has 2 fully saturated rings. The Labute approximate surface area is 139 Å². The quantitative estimate of drug-likeness (QED) is 0.454. The first kappa shape index (κ1) is 18.5. The minimum absolute atomic E-state index is 0.206. The van der Waals surface area contributed by atoms with Crippen molar-refractivity contribution in [2.45, 2.75) is 70.6 Å². The zero-order chi connectivity index (χ0) is 16.6. The average molecular weight is 327 g/mol. The van der Waals surface area contributed by atoms with Gasteiger partial charge in [-0.3, -0.25) is 0 Å². The Bertz CT molecular complexity index is 364. The van der Waals surface area contributed by atoms with Gasteiger partial charge in [-0.05, 0) is 68.6 Å². The highest BCUT2D eigenvalue weighted by Gasteiger charge is 2.41. The van der Waals surface area contributed by atoms with Gasteiger partial charge in [0.2, 0.25) is 0 Å². The molecule has 2 aliphatic rings. The second-order valence-corrected chi connectivity index (χ2v) is 7.65. The minimum Gasteiger partial charge on any atom is -0.450 e. The monoisotopic (exact) mass is 327 g/mol. The van der Waals surface area contributed by atoms with Gasteiger partial charge in [0.05, 0.1) is 6.61 Å². The van der Waals surface area contributed by atoms with Crippen molar-refractivity contribution in [3.05, 3.63) is 0 Å². The average Bonchev–Trinajstić information content (AvgIpc) is 3.47. The standard InChI is InChI=1S/C18H33NO4/c20-14-17(8-9-17)6-2-1-4-12-19-16(22)23-13-5-3-7-18(15-21)10-11-18/h20-21H,1-15H2,(H,19,22). The summed E-state index contributed by atoms with van der Waals surface area (Å²) in [5.41, 5.74) is 0.457. The third-order valence-electron chi connectivity index (χ3n) is 5.57. The number of carbonyl (C=O) groups excluding carboxylic acids is 1. The number of carbonyl (C=O) groups is 1. The number of rotatable bonds is 13. The third kappa shape index (κ3) is 6.68. The zero-order valence-corrected chi connectivity index (χ0v) is 14.3. The van der Waals surface area contributed by atoms with Gasteiger partial charge in [-0.1, -0.05) is 12.8 Å². The highest BCUT2D eigenvalue weighted by Crippen LogP contribution is 2.49. The van der Waals surface area contributed by atoms with Gasteiger partial charge >= 0.3 is 6.09 Å². The van der Waals surface area contributed by atoms with Crippen molar-refractivity contribution in [2.75, 3.05) is 26.4 Å². The van der Waals surface area contributed by atoms with E-state index >= 15 is 0 Å². The molecule has 2 rings (SSSR count). The molecular weight excluding hydrogens is 294 g/mol. The molecule has 5 heteroatoms. The highest BCUT2D eigenvalue weighted by molar-refractivity contribution is 5.66. The summed E-state index contributed by atoms with van der Waals surface area (Å²) < 4.78 is 5.15. The molecule has 0 aromatic carbocycles. The lowest BCUT2D eigenvalue weighted by molar-refractivity contribution is 0.141. The maximum Gasteiger partial charge on any atom is 0.407 e. The SMILES string of the molecule is O=C(NCCCCCC1(CO)CC1)OCCCCC1(CO)CC1. The lowest BCUT2D eigenvalue weighted by Crippen LogP contribution is -2.25. The van der Waals surface area contributed by atoms with Gasteiger partial charge in [0.15, 0.2) is 0 Å². The molecule has 3 N–H and O–H groups in total. The van der Waals surface area contributed by atoms with Gasteiger partial charge in [0.25, 0.3) is 0 Å². The van der Waals surface area contributed by atoms with Gasteiger partial charge in [0, 0.05) is 19.8 Å². The summed E-state index contributed by atoms with van der Waals surface area (Å²) in [6.45, 7) is 1.76. The molecule has 1 amide bonds. The maximum absolute atomic E-state index is 11.5. The predicted octanol–water partition coefficient (Wildman–Crippen LogP) is 2.99. The number of aliphatic hydroxyl groups excluding tert-OH is 2. The number of alkyl carbamates (subject to hydrolysis) is 1. The summed E-state index contributed by atoms with van der Waals surface area (Å²) in [6.07, 6.45) is 11.6. The van der Waals surface area contributed by atoms with Gasteiger partial charge in [-0.15, -0.1) is 0 Å². The Balaban J connectivity index is 1.34. The van der Waals surface area contributed by atoms with Crippen molar-refractivity contribution < 1.29 is 19.7 Å². The summed E-state index contributed by atoms with van der Waals surface area (Å²) in [4.78, 5) is 11.5. The molecule has 2 saturated carbocycles. The fourth-order valence-electron chi connectivity index (χ4n) is 3.14. The Morgan fingerprint density at radius 2 is 1.43 bits per heavy atom. The molecule has 0 atom stereocenters. The Hall–Kier alpha value is -0.810. The van der Waals surface area contributed by atoms with E-state index in [4.69, 9.17) is 4.74 Å². The van der Waals surface area contributed by atoms with Crippen LogP contribution in [0.4, 0.5) is 4.79 Å². The normalized spacial score (nSPS) is 20.1. The lowest BCUT2D eigenvalue weighted by Gasteiger charge is -2.12. The van der Waals surface area contributed by atoms with Crippen molar-refractivity contribution in [3.63, 3.8) is 0 Å². The second-order valence-electron chi connectivity index (χ2n) is 7.65. The van der Waals surface area contributed by atoms with Crippen LogP contribution in [0.15, 0.2) is 0 Å². The van der Waals surface area contributed by atoms with Crippen LogP contribution in [-0.4, -0.2) is 42.7 Å². The van der Waals surface area contributed by atoms with Crippen LogP contribution in [0.25, 0.3) is 0 Å². The van der Waals surface area contributed by atoms with Gasteiger partial charge in [-0.2, -0.15) is 0 Å². The number of amides is 1. The molecular formula is C18H33NO4. The largest absolute Gasteiger partial charge is 0.450 e. The summed E-state index contributed by atoms with van der Waals surface area (Å²) in [7, 11) is 0. The van der Waals surface area contributed by atoms with Crippen LogP contribution in [0.1, 0.15) is 70.6 Å². The van der Waals surface area contributed by atoms with E-state index in [0.717, 1.165) is 57.8 Å². The van der Waals surface area contributed by atoms with E-state index in [2.05, 4.69) is 5.32 Å². The first-order valence-electron chi connectivity index (χ1n) is 9.26. The topological polar surface area (TPSA) is 78.8 Å². The number of hydrogen-bond donors (Lipinski definition) is 3. The van der Waals surface area contributed by atoms with E-state index in [0.29, 0.717) is 26.4 Å². The van der Waals surface area contributed by atoms with Crippen molar-refractivity contribution >= 4 is 6.09 Å². The molecule has 0 aromatic heterocycles. The fourth-order valence-corrected chi connectivity index (χ4v) is 3.14. The Morgan fingerprint density at radius 3 is 1.96 bits per heavy atom. The minimum atomic E-state index is -0.317. The highest BCUT2D eigenvalue weighted by atomic mass is 16.5. The molecule has 0 heterocycles. The summed E-state index contributed by atoms with van der Waals surface area (Å²) in [5, 5.41) is 21.2. The van der Waals surface area contributed by atoms with Gasteiger partial charge < -0.3 is 20.3 Å². The molecule has 0 aromatic rings. The van der Waals surface area contributed by atoms with E-state index in [1.165, 1.54) is 12.8 Å². The van der Waals surface area contributed by atoms with Crippen LogP contribution in [0.2, 0.25) is 0 Å². The number of nitrogens with one attached hydrogen (secondary N) is 1. The van der Waals surface area contributed by atoms with E-state index < -0.39 is 0 Å². The predicted molar refractivity (Wildman–Crippen MR) is 89.2 cm³/mol. The Kier molecular flexibility index (Phi) is 7.15. The molecule has 0 saturated heterocycles. The number of unbranched alkanes of at least 4 members (excludes halogenated alkanes) is 3. The number of ether oxygens (including phenoxy) is 1. The third-order valence-corrected chi connectivity index (χ3v) is 5.57. The van der Waals surface area contributed by atoms with Crippen molar-refractivity contribution in [1.29, 1.82) is 0 Å². The van der Waals surface area contributed by atoms with Crippen molar-refractivity contribution in [3.8, 4) is 0 Å². The van der Waals surface area contributed by atoms with Crippen LogP contribution in [0, 0.1) is 10.8 Å². The zero-order valence-electron chi connectivity index (χ0n) is 14.3. The first-order chi connectivity index (χ1) is 11.1. The molecule has 0 bridgehead atoms. The fraction of sp³-hybridized carbons (Fsp3) is 0.944. The van der Waals surface area contributed by atoms with Crippen LogP contribution >= 0.6 is 0 Å². The maximum atomic E-state index is 11.5. The van der Waals surface area contributed by atoms with Crippen molar-refractivity contribution in [2.24, 2.45) is 10.8 Å². The second kappa shape index (κ2) is 8.88. The van der Waals surface area contributed by atoms with Gasteiger partial charge in [0.1, 0.15) is 0 Å². The molecule has 23 heavy (non-hydrogen) atoms. The summed E-state index contributed by atoms with van der Waals surface area (Å²) in [5.74, 6) is 0. The van der Waals surface area contributed by atoms with E-state index in [-0.39, 0.29) is 16.9 Å². The lowest BCUT2D eigenvalue weighted by atomic mass is 9.99. The molecule has 134 valence electrons. The first-order valence-corrected chi connectivity index (χ1v) is 9.26. The van der Waals surface area contributed by atoms with Crippen LogP contribution in [0.3, 0.4) is 0 Å².